The van der Waals surface area contributed by atoms with Crippen LogP contribution >= 0.6 is 23.2 Å². The van der Waals surface area contributed by atoms with Crippen molar-refractivity contribution in [3.8, 4) is 0 Å². The number of nitrogens with zero attached hydrogens (tertiary/aromatic N) is 1. The van der Waals surface area contributed by atoms with Crippen LogP contribution in [0.15, 0.2) is 24.3 Å². The van der Waals surface area contributed by atoms with Crippen LogP contribution in [0.1, 0.15) is 16.1 Å². The molecule has 4 N–H and O–H groups in total. The number of halogens is 2. The van der Waals surface area contributed by atoms with Crippen molar-refractivity contribution in [2.24, 2.45) is 0 Å². The summed E-state index contributed by atoms with van der Waals surface area (Å²) in [7, 11) is 0. The lowest BCUT2D eigenvalue weighted by molar-refractivity contribution is 0.0690. The highest BCUT2D eigenvalue weighted by Gasteiger charge is 2.13. The first-order valence-electron chi connectivity index (χ1n) is 5.61. The summed E-state index contributed by atoms with van der Waals surface area (Å²) in [5.74, 6) is -0.950. The minimum Gasteiger partial charge on any atom is -0.477 e. The van der Waals surface area contributed by atoms with Gasteiger partial charge in [-0.05, 0) is 30.7 Å². The van der Waals surface area contributed by atoms with Gasteiger partial charge in [0.15, 0.2) is 11.5 Å². The molecule has 1 heterocycles. The number of carbonyl (C=O) groups is 1. The van der Waals surface area contributed by atoms with Crippen molar-refractivity contribution in [1.29, 1.82) is 0 Å². The van der Waals surface area contributed by atoms with E-state index >= 15 is 0 Å². The van der Waals surface area contributed by atoms with Crippen molar-refractivity contribution < 1.29 is 9.90 Å². The molecule has 0 aliphatic carbocycles. The maximum absolute atomic E-state index is 10.9. The summed E-state index contributed by atoms with van der Waals surface area (Å²) in [4.78, 5) is 14.8. The number of carboxylic acids is 1. The molecule has 2 aromatic rings. The molecule has 0 aliphatic heterocycles. The van der Waals surface area contributed by atoms with Crippen LogP contribution in [0.3, 0.4) is 0 Å². The van der Waals surface area contributed by atoms with Crippen molar-refractivity contribution in [3.63, 3.8) is 0 Å². The van der Waals surface area contributed by atoms with Gasteiger partial charge in [0.2, 0.25) is 0 Å². The van der Waals surface area contributed by atoms with E-state index in [1.807, 2.05) is 6.92 Å². The predicted molar refractivity (Wildman–Crippen MR) is 80.1 cm³/mol. The Kier molecular flexibility index (Phi) is 4.01. The van der Waals surface area contributed by atoms with Crippen LogP contribution in [0.2, 0.25) is 10.0 Å². The molecule has 0 saturated heterocycles. The number of aryl methyl sites for hydroxylation is 1. The molecule has 0 unspecified atom stereocenters. The summed E-state index contributed by atoms with van der Waals surface area (Å²) in [6.07, 6.45) is 0. The second kappa shape index (κ2) is 5.56. The monoisotopic (exact) mass is 311 g/mol. The average Bonchev–Trinajstić information content (AvgIpc) is 2.41. The molecule has 104 valence electrons. The number of pyridine rings is 1. The van der Waals surface area contributed by atoms with Gasteiger partial charge in [0, 0.05) is 0 Å². The lowest BCUT2D eigenvalue weighted by Crippen LogP contribution is -2.06. The smallest absolute Gasteiger partial charge is 0.354 e. The van der Waals surface area contributed by atoms with E-state index in [-0.39, 0.29) is 11.5 Å². The fourth-order valence-electron chi connectivity index (χ4n) is 1.58. The molecule has 0 spiro atoms. The molecular weight excluding hydrogens is 301 g/mol. The number of hydrogen-bond acceptors (Lipinski definition) is 4. The standard InChI is InChI=1S/C13H11Cl2N3O2/c1-6-2-3-7(14)11(10(6)15)18-12-8(16)4-5-9(17-12)13(19)20/h2-5H,16H2,1H3,(H,17,18)(H,19,20). The van der Waals surface area contributed by atoms with Gasteiger partial charge >= 0.3 is 5.97 Å². The third kappa shape index (κ3) is 2.79. The molecule has 2 rings (SSSR count). The molecule has 0 atom stereocenters. The third-order valence-corrected chi connectivity index (χ3v) is 3.48. The van der Waals surface area contributed by atoms with E-state index in [4.69, 9.17) is 34.0 Å². The number of nitrogens with one attached hydrogen (secondary N) is 1. The number of aromatic carboxylic acids is 1. The van der Waals surface area contributed by atoms with Crippen LogP contribution < -0.4 is 11.1 Å². The van der Waals surface area contributed by atoms with Crippen LogP contribution in [0.4, 0.5) is 17.2 Å². The molecule has 5 nitrogen and oxygen atoms in total. The van der Waals surface area contributed by atoms with Gasteiger partial charge < -0.3 is 16.2 Å². The maximum Gasteiger partial charge on any atom is 0.354 e. The quantitative estimate of drug-likeness (QED) is 0.804. The van der Waals surface area contributed by atoms with Crippen LogP contribution in [0.5, 0.6) is 0 Å². The normalized spacial score (nSPS) is 10.3. The summed E-state index contributed by atoms with van der Waals surface area (Å²) >= 11 is 12.2. The van der Waals surface area contributed by atoms with E-state index in [9.17, 15) is 4.79 Å². The second-order valence-corrected chi connectivity index (χ2v) is 4.90. The fourth-order valence-corrected chi connectivity index (χ4v) is 2.04. The Morgan fingerprint density at radius 2 is 2.00 bits per heavy atom. The van der Waals surface area contributed by atoms with Crippen molar-refractivity contribution >= 4 is 46.4 Å². The van der Waals surface area contributed by atoms with Crippen LogP contribution in [0, 0.1) is 6.92 Å². The molecule has 0 aliphatic rings. The van der Waals surface area contributed by atoms with Crippen molar-refractivity contribution in [1.82, 2.24) is 4.98 Å². The van der Waals surface area contributed by atoms with Gasteiger partial charge in [-0.1, -0.05) is 29.3 Å². The predicted octanol–water partition coefficient (Wildman–Crippen LogP) is 3.72. The highest BCUT2D eigenvalue weighted by Crippen LogP contribution is 2.35. The number of nitrogen functional groups attached to an aromatic ring is 1. The molecule has 0 bridgehead atoms. The molecular formula is C13H11Cl2N3O2. The van der Waals surface area contributed by atoms with Crippen molar-refractivity contribution in [2.75, 3.05) is 11.1 Å². The first-order valence-corrected chi connectivity index (χ1v) is 6.37. The van der Waals surface area contributed by atoms with E-state index in [2.05, 4.69) is 10.3 Å². The minimum atomic E-state index is -1.14. The molecule has 0 amide bonds. The number of hydrogen-bond donors (Lipinski definition) is 3. The average molecular weight is 312 g/mol. The number of aromatic nitrogens is 1. The van der Waals surface area contributed by atoms with Gasteiger partial charge in [-0.2, -0.15) is 0 Å². The van der Waals surface area contributed by atoms with Crippen LogP contribution in [-0.4, -0.2) is 16.1 Å². The number of carboxylic acid groups (broad SMARTS) is 1. The second-order valence-electron chi connectivity index (χ2n) is 4.12. The highest BCUT2D eigenvalue weighted by atomic mass is 35.5. The lowest BCUT2D eigenvalue weighted by Gasteiger charge is -2.13. The summed E-state index contributed by atoms with van der Waals surface area (Å²) in [6.45, 7) is 1.83. The number of benzene rings is 1. The topological polar surface area (TPSA) is 88.2 Å². The number of rotatable bonds is 3. The first-order chi connectivity index (χ1) is 9.40. The van der Waals surface area contributed by atoms with Gasteiger partial charge in [-0.25, -0.2) is 9.78 Å². The van der Waals surface area contributed by atoms with Crippen molar-refractivity contribution in [2.45, 2.75) is 6.92 Å². The van der Waals surface area contributed by atoms with Gasteiger partial charge in [0.1, 0.15) is 0 Å². The minimum absolute atomic E-state index is 0.124. The zero-order valence-electron chi connectivity index (χ0n) is 10.4. The highest BCUT2D eigenvalue weighted by molar-refractivity contribution is 6.39. The molecule has 7 heteroatoms. The molecule has 0 fully saturated rings. The van der Waals surface area contributed by atoms with E-state index in [1.54, 1.807) is 12.1 Å². The fraction of sp³-hybridized carbons (Fsp3) is 0.0769. The maximum atomic E-state index is 10.9. The van der Waals surface area contributed by atoms with Crippen molar-refractivity contribution in [3.05, 3.63) is 45.6 Å². The number of nitrogens with two attached hydrogens (primary N) is 1. The Hall–Kier alpha value is -1.98. The third-order valence-electron chi connectivity index (χ3n) is 2.67. The molecule has 20 heavy (non-hydrogen) atoms. The summed E-state index contributed by atoms with van der Waals surface area (Å²) in [5.41, 5.74) is 7.21. The molecule has 1 aromatic heterocycles. The molecule has 0 saturated carbocycles. The Labute approximate surface area is 125 Å². The summed E-state index contributed by atoms with van der Waals surface area (Å²) < 4.78 is 0. The Morgan fingerprint density at radius 3 is 2.65 bits per heavy atom. The Morgan fingerprint density at radius 1 is 1.30 bits per heavy atom. The lowest BCUT2D eigenvalue weighted by atomic mass is 10.2. The molecule has 0 radical (unpaired) electrons. The van der Waals surface area contributed by atoms with Gasteiger partial charge in [0.25, 0.3) is 0 Å². The zero-order valence-corrected chi connectivity index (χ0v) is 12.0. The van der Waals surface area contributed by atoms with E-state index in [0.29, 0.717) is 21.4 Å². The van der Waals surface area contributed by atoms with E-state index in [1.165, 1.54) is 12.1 Å². The van der Waals surface area contributed by atoms with Gasteiger partial charge in [-0.3, -0.25) is 0 Å². The summed E-state index contributed by atoms with van der Waals surface area (Å²) in [6, 6.07) is 6.24. The first kappa shape index (κ1) is 14.4. The van der Waals surface area contributed by atoms with Gasteiger partial charge in [0.05, 0.1) is 21.4 Å². The number of anilines is 3. The Bertz CT molecular complexity index is 690. The SMILES string of the molecule is Cc1ccc(Cl)c(Nc2nc(C(=O)O)ccc2N)c1Cl. The molecule has 1 aromatic carbocycles. The van der Waals surface area contributed by atoms with E-state index in [0.717, 1.165) is 5.56 Å². The van der Waals surface area contributed by atoms with E-state index < -0.39 is 5.97 Å². The van der Waals surface area contributed by atoms with Gasteiger partial charge in [-0.15, -0.1) is 0 Å². The summed E-state index contributed by atoms with van der Waals surface area (Å²) in [5, 5.41) is 12.6. The van der Waals surface area contributed by atoms with Crippen LogP contribution in [0.25, 0.3) is 0 Å². The zero-order chi connectivity index (χ0) is 14.9. The Balaban J connectivity index is 2.47. The van der Waals surface area contributed by atoms with Crippen LogP contribution in [-0.2, 0) is 0 Å². The largest absolute Gasteiger partial charge is 0.477 e.